The SMILES string of the molecule is C=C.C=C.CCN(CC)CC. The van der Waals surface area contributed by atoms with E-state index in [9.17, 15) is 0 Å². The lowest BCUT2D eigenvalue weighted by molar-refractivity contribution is 0.321. The second-order valence-electron chi connectivity index (χ2n) is 1.62. The number of rotatable bonds is 3. The molecule has 11 heavy (non-hydrogen) atoms. The van der Waals surface area contributed by atoms with Crippen LogP contribution in [0.25, 0.3) is 0 Å². The van der Waals surface area contributed by atoms with Crippen molar-refractivity contribution < 1.29 is 0 Å². The summed E-state index contributed by atoms with van der Waals surface area (Å²) in [5, 5.41) is 0. The van der Waals surface area contributed by atoms with E-state index in [1.54, 1.807) is 0 Å². The molecule has 0 radical (unpaired) electrons. The van der Waals surface area contributed by atoms with E-state index >= 15 is 0 Å². The molecule has 0 saturated heterocycles. The zero-order chi connectivity index (χ0) is 9.70. The van der Waals surface area contributed by atoms with Crippen LogP contribution < -0.4 is 0 Å². The minimum Gasteiger partial charge on any atom is -0.304 e. The highest BCUT2D eigenvalue weighted by atomic mass is 15.1. The minimum absolute atomic E-state index is 1.19. The van der Waals surface area contributed by atoms with Gasteiger partial charge in [-0.05, 0) is 19.6 Å². The van der Waals surface area contributed by atoms with Crippen LogP contribution in [0.2, 0.25) is 0 Å². The van der Waals surface area contributed by atoms with Gasteiger partial charge in [0.1, 0.15) is 0 Å². The molecule has 0 aliphatic carbocycles. The molecular weight excluding hydrogens is 134 g/mol. The molecule has 0 unspecified atom stereocenters. The van der Waals surface area contributed by atoms with Gasteiger partial charge in [-0.1, -0.05) is 20.8 Å². The fourth-order valence-corrected chi connectivity index (χ4v) is 0.671. The molecule has 0 bridgehead atoms. The molecule has 0 aromatic rings. The van der Waals surface area contributed by atoms with Gasteiger partial charge in [-0.2, -0.15) is 0 Å². The van der Waals surface area contributed by atoms with Crippen LogP contribution in [-0.2, 0) is 0 Å². The lowest BCUT2D eigenvalue weighted by Gasteiger charge is -2.13. The minimum atomic E-state index is 1.19. The molecule has 0 atom stereocenters. The highest BCUT2D eigenvalue weighted by molar-refractivity contribution is 4.43. The molecule has 0 spiro atoms. The summed E-state index contributed by atoms with van der Waals surface area (Å²) >= 11 is 0. The smallest absolute Gasteiger partial charge is 0.00474 e. The van der Waals surface area contributed by atoms with Crippen molar-refractivity contribution in [2.75, 3.05) is 19.6 Å². The molecule has 68 valence electrons. The van der Waals surface area contributed by atoms with Crippen LogP contribution in [0.1, 0.15) is 20.8 Å². The first-order chi connectivity index (χ1) is 5.35. The molecule has 0 aromatic heterocycles. The summed E-state index contributed by atoms with van der Waals surface area (Å²) in [7, 11) is 0. The Morgan fingerprint density at radius 3 is 0.909 bits per heavy atom. The highest BCUT2D eigenvalue weighted by Crippen LogP contribution is 1.81. The normalized spacial score (nSPS) is 7.27. The molecule has 0 aliphatic rings. The summed E-state index contributed by atoms with van der Waals surface area (Å²) in [6, 6.07) is 0. The Balaban J connectivity index is -0.000000138. The van der Waals surface area contributed by atoms with E-state index in [-0.39, 0.29) is 0 Å². The van der Waals surface area contributed by atoms with E-state index in [1.165, 1.54) is 19.6 Å². The molecule has 0 amide bonds. The third-order valence-electron chi connectivity index (χ3n) is 1.34. The molecule has 1 heteroatoms. The van der Waals surface area contributed by atoms with Gasteiger partial charge in [0.2, 0.25) is 0 Å². The zero-order valence-corrected chi connectivity index (χ0v) is 8.40. The van der Waals surface area contributed by atoms with Gasteiger partial charge in [0.25, 0.3) is 0 Å². The molecule has 0 aliphatic heterocycles. The van der Waals surface area contributed by atoms with Crippen molar-refractivity contribution >= 4 is 0 Å². The van der Waals surface area contributed by atoms with Crippen molar-refractivity contribution in [3.63, 3.8) is 0 Å². The third kappa shape index (κ3) is 17.7. The van der Waals surface area contributed by atoms with Crippen LogP contribution in [-0.4, -0.2) is 24.5 Å². The molecule has 0 heterocycles. The molecule has 1 nitrogen and oxygen atoms in total. The fraction of sp³-hybridized carbons (Fsp3) is 0.600. The van der Waals surface area contributed by atoms with Gasteiger partial charge in [-0.15, -0.1) is 26.3 Å². The lowest BCUT2D eigenvalue weighted by atomic mass is 10.5. The van der Waals surface area contributed by atoms with Crippen LogP contribution >= 0.6 is 0 Å². The average Bonchev–Trinajstić information content (AvgIpc) is 2.14. The molecule has 0 aromatic carbocycles. The maximum Gasteiger partial charge on any atom is -0.00474 e. The first kappa shape index (κ1) is 16.8. The van der Waals surface area contributed by atoms with E-state index in [0.717, 1.165) is 0 Å². The Morgan fingerprint density at radius 1 is 0.727 bits per heavy atom. The van der Waals surface area contributed by atoms with Crippen LogP contribution in [0, 0.1) is 0 Å². The summed E-state index contributed by atoms with van der Waals surface area (Å²) in [5.41, 5.74) is 0. The van der Waals surface area contributed by atoms with Gasteiger partial charge in [-0.3, -0.25) is 0 Å². The first-order valence-electron chi connectivity index (χ1n) is 4.07. The van der Waals surface area contributed by atoms with Gasteiger partial charge in [0.15, 0.2) is 0 Å². The van der Waals surface area contributed by atoms with E-state index in [1.807, 2.05) is 0 Å². The van der Waals surface area contributed by atoms with Gasteiger partial charge < -0.3 is 4.90 Å². The molecule has 0 N–H and O–H groups in total. The lowest BCUT2D eigenvalue weighted by Crippen LogP contribution is -2.21. The maximum atomic E-state index is 3.00. The maximum absolute atomic E-state index is 3.00. The Labute approximate surface area is 72.4 Å². The van der Waals surface area contributed by atoms with Crippen molar-refractivity contribution in [2.24, 2.45) is 0 Å². The Morgan fingerprint density at radius 2 is 0.909 bits per heavy atom. The van der Waals surface area contributed by atoms with Crippen molar-refractivity contribution in [3.05, 3.63) is 26.3 Å². The second-order valence-corrected chi connectivity index (χ2v) is 1.62. The topological polar surface area (TPSA) is 3.24 Å². The van der Waals surface area contributed by atoms with Crippen LogP contribution in [0.4, 0.5) is 0 Å². The first-order valence-corrected chi connectivity index (χ1v) is 4.07. The standard InChI is InChI=1S/C6H15N.2C2H4/c1-4-7(5-2)6-3;2*1-2/h4-6H2,1-3H3;2*1-2H2. The highest BCUT2D eigenvalue weighted by Gasteiger charge is 1.89. The van der Waals surface area contributed by atoms with Crippen molar-refractivity contribution in [1.82, 2.24) is 4.90 Å². The van der Waals surface area contributed by atoms with Gasteiger partial charge in [0.05, 0.1) is 0 Å². The number of hydrogen-bond donors (Lipinski definition) is 0. The second kappa shape index (κ2) is 22.7. The quantitative estimate of drug-likeness (QED) is 0.569. The summed E-state index contributed by atoms with van der Waals surface area (Å²) in [5.74, 6) is 0. The number of nitrogens with zero attached hydrogens (tertiary/aromatic N) is 1. The summed E-state index contributed by atoms with van der Waals surface area (Å²) in [4.78, 5) is 2.38. The fourth-order valence-electron chi connectivity index (χ4n) is 0.671. The van der Waals surface area contributed by atoms with E-state index in [2.05, 4.69) is 52.0 Å². The molecule has 0 saturated carbocycles. The zero-order valence-electron chi connectivity index (χ0n) is 8.40. The predicted octanol–water partition coefficient (Wildman–Crippen LogP) is 2.95. The Hall–Kier alpha value is -0.560. The van der Waals surface area contributed by atoms with E-state index < -0.39 is 0 Å². The molecular formula is C10H23N. The van der Waals surface area contributed by atoms with Crippen LogP contribution in [0.15, 0.2) is 26.3 Å². The average molecular weight is 157 g/mol. The number of hydrogen-bond acceptors (Lipinski definition) is 1. The van der Waals surface area contributed by atoms with Crippen molar-refractivity contribution in [3.8, 4) is 0 Å². The van der Waals surface area contributed by atoms with Crippen LogP contribution in [0.3, 0.4) is 0 Å². The predicted molar refractivity (Wildman–Crippen MR) is 56.0 cm³/mol. The Bertz CT molecular complexity index is 41.3. The molecule has 0 fully saturated rings. The van der Waals surface area contributed by atoms with Gasteiger partial charge in [0, 0.05) is 0 Å². The largest absolute Gasteiger partial charge is 0.304 e. The summed E-state index contributed by atoms with van der Waals surface area (Å²) < 4.78 is 0. The van der Waals surface area contributed by atoms with E-state index in [4.69, 9.17) is 0 Å². The van der Waals surface area contributed by atoms with Gasteiger partial charge >= 0.3 is 0 Å². The van der Waals surface area contributed by atoms with Crippen LogP contribution in [0.5, 0.6) is 0 Å². The summed E-state index contributed by atoms with van der Waals surface area (Å²) in [6.45, 7) is 22.1. The van der Waals surface area contributed by atoms with Gasteiger partial charge in [-0.25, -0.2) is 0 Å². The van der Waals surface area contributed by atoms with Crippen molar-refractivity contribution in [1.29, 1.82) is 0 Å². The molecule has 0 rings (SSSR count). The Kier molecular flexibility index (Phi) is 34.7. The van der Waals surface area contributed by atoms with Crippen molar-refractivity contribution in [2.45, 2.75) is 20.8 Å². The monoisotopic (exact) mass is 157 g/mol. The summed E-state index contributed by atoms with van der Waals surface area (Å²) in [6.07, 6.45) is 0. The third-order valence-corrected chi connectivity index (χ3v) is 1.34. The van der Waals surface area contributed by atoms with E-state index in [0.29, 0.717) is 0 Å².